The maximum Gasteiger partial charge on any atom is 0.247 e. The molecule has 4 amide bonds. The molecule has 5 N–H and O–H groups in total. The molecule has 3 aromatic carbocycles. The molecule has 0 aliphatic heterocycles. The molecule has 374 valence electrons. The lowest BCUT2D eigenvalue weighted by molar-refractivity contribution is -0.131. The Balaban J connectivity index is 0.849. The van der Waals surface area contributed by atoms with Gasteiger partial charge in [0.1, 0.15) is 12.1 Å². The standard InChI is InChI=1S/C59H82N4O6/c1-40(2)14-12-15-41(3)49-26-27-50-48-25-22-45-38-47(30-32-58(45,4)51(48)31-33-59(49,50)5)69-35-13-34-60-54(65)28-29-55(66)62-52(36-42-16-8-6-9-17-42)57(68)63-53(37-43-18-10-7-11-19-43)56(67)61-46-23-20-44(39-64)21-24-46/h6-11,16-24,40-41,47-53,64H,12-15,25-39H2,1-5H3,(H,60,65)(H,61,67)(H,62,66)(H,63,68)/t41?,47-,48-,49+,50-,51-,52?,53?,58-,59+/m0/s1. The number of carbonyl (C=O) groups is 4. The van der Waals surface area contributed by atoms with Gasteiger partial charge in [0.15, 0.2) is 0 Å². The van der Waals surface area contributed by atoms with Gasteiger partial charge in [-0.25, -0.2) is 0 Å². The first-order chi connectivity index (χ1) is 33.2. The zero-order valence-electron chi connectivity index (χ0n) is 42.3. The Labute approximate surface area is 413 Å². The molecule has 3 unspecified atom stereocenters. The van der Waals surface area contributed by atoms with Crippen LogP contribution in [0.2, 0.25) is 0 Å². The fourth-order valence-electron chi connectivity index (χ4n) is 13.2. The van der Waals surface area contributed by atoms with E-state index in [2.05, 4.69) is 62.0 Å². The van der Waals surface area contributed by atoms with Gasteiger partial charge in [-0.1, -0.05) is 138 Å². The first-order valence-electron chi connectivity index (χ1n) is 26.5. The maximum atomic E-state index is 14.0. The normalized spacial score (nSPS) is 26.3. The molecule has 0 saturated heterocycles. The molecule has 10 heteroatoms. The van der Waals surface area contributed by atoms with E-state index in [1.165, 1.54) is 57.8 Å². The molecule has 69 heavy (non-hydrogen) atoms. The molecule has 0 spiro atoms. The SMILES string of the molecule is CC(C)CCCC(C)[C@H]1CC[C@H]2[C@@H]3CC=C4C[C@@H](OCCCNC(=O)CCC(=O)NC(Cc5ccccc5)C(=O)NC(Cc5ccccc5)C(=O)Nc5ccc(CO)cc5)CC[C@]4(C)[C@H]3CC[C@]12C. The van der Waals surface area contributed by atoms with Gasteiger partial charge < -0.3 is 31.1 Å². The first kappa shape index (κ1) is 52.0. The molecule has 7 rings (SSSR count). The second-order valence-electron chi connectivity index (χ2n) is 22.1. The lowest BCUT2D eigenvalue weighted by Gasteiger charge is -2.58. The third-order valence-electron chi connectivity index (χ3n) is 17.1. The predicted molar refractivity (Wildman–Crippen MR) is 275 cm³/mol. The van der Waals surface area contributed by atoms with Crippen molar-refractivity contribution in [3.05, 3.63) is 113 Å². The Hall–Kier alpha value is -4.80. The monoisotopic (exact) mass is 943 g/mol. The van der Waals surface area contributed by atoms with Gasteiger partial charge >= 0.3 is 0 Å². The van der Waals surface area contributed by atoms with Gasteiger partial charge in [0, 0.05) is 44.5 Å². The van der Waals surface area contributed by atoms with Crippen LogP contribution in [0.4, 0.5) is 5.69 Å². The molecule has 4 aliphatic carbocycles. The predicted octanol–water partition coefficient (Wildman–Crippen LogP) is 10.3. The first-order valence-corrected chi connectivity index (χ1v) is 26.5. The van der Waals surface area contributed by atoms with E-state index in [4.69, 9.17) is 4.74 Å². The number of anilines is 1. The summed E-state index contributed by atoms with van der Waals surface area (Å²) in [5.41, 5.74) is 5.34. The summed E-state index contributed by atoms with van der Waals surface area (Å²) in [6.07, 6.45) is 18.1. The number of hydrogen-bond donors (Lipinski definition) is 5. The Kier molecular flexibility index (Phi) is 18.4. The average molecular weight is 943 g/mol. The van der Waals surface area contributed by atoms with E-state index in [1.54, 1.807) is 29.8 Å². The van der Waals surface area contributed by atoms with Gasteiger partial charge in [-0.05, 0) is 133 Å². The Bertz CT molecular complexity index is 2180. The van der Waals surface area contributed by atoms with Crippen LogP contribution in [0.25, 0.3) is 0 Å². The van der Waals surface area contributed by atoms with Crippen LogP contribution < -0.4 is 21.3 Å². The van der Waals surface area contributed by atoms with Crippen molar-refractivity contribution in [2.24, 2.45) is 46.3 Å². The zero-order chi connectivity index (χ0) is 49.0. The van der Waals surface area contributed by atoms with E-state index in [0.717, 1.165) is 59.5 Å². The second kappa shape index (κ2) is 24.4. The Morgan fingerprint density at radius 1 is 0.710 bits per heavy atom. The highest BCUT2D eigenvalue weighted by atomic mass is 16.5. The number of fused-ring (bicyclic) bond motifs is 5. The maximum absolute atomic E-state index is 14.0. The molecule has 0 bridgehead atoms. The van der Waals surface area contributed by atoms with E-state index in [1.807, 2.05) is 60.7 Å². The van der Waals surface area contributed by atoms with Gasteiger partial charge in [0.05, 0.1) is 12.7 Å². The molecule has 3 aromatic rings. The van der Waals surface area contributed by atoms with Crippen molar-refractivity contribution in [1.29, 1.82) is 0 Å². The largest absolute Gasteiger partial charge is 0.392 e. The van der Waals surface area contributed by atoms with Crippen molar-refractivity contribution >= 4 is 29.3 Å². The van der Waals surface area contributed by atoms with E-state index < -0.39 is 29.8 Å². The van der Waals surface area contributed by atoms with Crippen LogP contribution in [0.1, 0.15) is 141 Å². The van der Waals surface area contributed by atoms with E-state index in [-0.39, 0.29) is 49.7 Å². The summed E-state index contributed by atoms with van der Waals surface area (Å²) in [5.74, 6) is 3.39. The van der Waals surface area contributed by atoms with E-state index in [0.29, 0.717) is 36.2 Å². The number of rotatable bonds is 23. The summed E-state index contributed by atoms with van der Waals surface area (Å²) in [5, 5.41) is 21.1. The third kappa shape index (κ3) is 13.5. The lowest BCUT2D eigenvalue weighted by Crippen LogP contribution is -2.54. The molecule has 10 nitrogen and oxygen atoms in total. The lowest BCUT2D eigenvalue weighted by atomic mass is 9.47. The highest BCUT2D eigenvalue weighted by molar-refractivity contribution is 5.98. The number of ether oxygens (including phenoxy) is 1. The minimum atomic E-state index is -0.991. The molecule has 3 saturated carbocycles. The number of carbonyl (C=O) groups excluding carboxylic acids is 4. The summed E-state index contributed by atoms with van der Waals surface area (Å²) in [7, 11) is 0. The van der Waals surface area contributed by atoms with Gasteiger partial charge in [0.25, 0.3) is 0 Å². The highest BCUT2D eigenvalue weighted by Gasteiger charge is 2.59. The molecule has 0 aromatic heterocycles. The number of hydrogen-bond acceptors (Lipinski definition) is 6. The summed E-state index contributed by atoms with van der Waals surface area (Å²) >= 11 is 0. The minimum absolute atomic E-state index is 0.0179. The smallest absolute Gasteiger partial charge is 0.247 e. The average Bonchev–Trinajstić information content (AvgIpc) is 3.71. The number of aliphatic hydroxyl groups excluding tert-OH is 1. The van der Waals surface area contributed by atoms with Crippen molar-refractivity contribution in [2.45, 2.75) is 162 Å². The highest BCUT2D eigenvalue weighted by Crippen LogP contribution is 2.67. The fourth-order valence-corrected chi connectivity index (χ4v) is 13.2. The van der Waals surface area contributed by atoms with Gasteiger partial charge in [0.2, 0.25) is 23.6 Å². The van der Waals surface area contributed by atoms with Crippen LogP contribution >= 0.6 is 0 Å². The van der Waals surface area contributed by atoms with Crippen LogP contribution in [0, 0.1) is 46.3 Å². The second-order valence-corrected chi connectivity index (χ2v) is 22.1. The quantitative estimate of drug-likeness (QED) is 0.0473. The number of aliphatic hydroxyl groups is 1. The van der Waals surface area contributed by atoms with Crippen LogP contribution in [0.15, 0.2) is 96.6 Å². The fraction of sp³-hybridized carbons (Fsp3) is 0.593. The molecule has 4 aliphatic rings. The summed E-state index contributed by atoms with van der Waals surface area (Å²) in [6, 6.07) is 23.7. The molecule has 0 radical (unpaired) electrons. The molecular formula is C59H82N4O6. The van der Waals surface area contributed by atoms with Crippen LogP contribution in [0.5, 0.6) is 0 Å². The van der Waals surface area contributed by atoms with Crippen molar-refractivity contribution in [3.63, 3.8) is 0 Å². The van der Waals surface area contributed by atoms with Gasteiger partial charge in [-0.15, -0.1) is 0 Å². The van der Waals surface area contributed by atoms with Crippen LogP contribution in [0.3, 0.4) is 0 Å². The Morgan fingerprint density at radius 2 is 1.38 bits per heavy atom. The molecule has 0 heterocycles. The van der Waals surface area contributed by atoms with E-state index in [9.17, 15) is 24.3 Å². The van der Waals surface area contributed by atoms with Crippen molar-refractivity contribution in [2.75, 3.05) is 18.5 Å². The summed E-state index contributed by atoms with van der Waals surface area (Å²) in [6.45, 7) is 13.5. The molecular weight excluding hydrogens is 861 g/mol. The number of allylic oxidation sites excluding steroid dienone is 1. The molecule has 10 atom stereocenters. The number of nitrogens with one attached hydrogen (secondary N) is 4. The van der Waals surface area contributed by atoms with E-state index >= 15 is 0 Å². The van der Waals surface area contributed by atoms with Gasteiger partial charge in [-0.3, -0.25) is 19.2 Å². The topological polar surface area (TPSA) is 146 Å². The minimum Gasteiger partial charge on any atom is -0.392 e. The Morgan fingerprint density at radius 3 is 2.04 bits per heavy atom. The summed E-state index contributed by atoms with van der Waals surface area (Å²) < 4.78 is 6.47. The zero-order valence-corrected chi connectivity index (χ0v) is 42.3. The van der Waals surface area contributed by atoms with Crippen LogP contribution in [-0.2, 0) is 43.4 Å². The van der Waals surface area contributed by atoms with Crippen molar-refractivity contribution < 1.29 is 29.0 Å². The van der Waals surface area contributed by atoms with Crippen LogP contribution in [-0.4, -0.2) is 60.1 Å². The summed E-state index contributed by atoms with van der Waals surface area (Å²) in [4.78, 5) is 54.0. The number of amides is 4. The third-order valence-corrected chi connectivity index (χ3v) is 17.1. The molecule has 3 fully saturated rings. The van der Waals surface area contributed by atoms with Crippen molar-refractivity contribution in [1.82, 2.24) is 16.0 Å². The number of benzene rings is 3. The van der Waals surface area contributed by atoms with Gasteiger partial charge in [-0.2, -0.15) is 0 Å². The van der Waals surface area contributed by atoms with Crippen molar-refractivity contribution in [3.8, 4) is 0 Å².